The minimum atomic E-state index is 0.158. The first kappa shape index (κ1) is 17.5. The van der Waals surface area contributed by atoms with Crippen molar-refractivity contribution < 1.29 is 14.3 Å². The van der Waals surface area contributed by atoms with Crippen molar-refractivity contribution in [1.29, 1.82) is 0 Å². The molecule has 2 aliphatic heterocycles. The number of urea groups is 1. The van der Waals surface area contributed by atoms with Crippen molar-refractivity contribution >= 4 is 22.0 Å². The molecule has 24 heavy (non-hydrogen) atoms. The summed E-state index contributed by atoms with van der Waals surface area (Å²) in [6.45, 7) is 6.98. The van der Waals surface area contributed by atoms with E-state index in [-0.39, 0.29) is 6.03 Å². The molecule has 0 aromatic heterocycles. The highest BCUT2D eigenvalue weighted by atomic mass is 79.9. The zero-order valence-corrected chi connectivity index (χ0v) is 15.6. The Balaban J connectivity index is 1.49. The number of halogens is 1. The third-order valence-corrected chi connectivity index (χ3v) is 5.17. The van der Waals surface area contributed by atoms with E-state index >= 15 is 0 Å². The maximum Gasteiger partial charge on any atom is 0.320 e. The lowest BCUT2D eigenvalue weighted by molar-refractivity contribution is 0.0373. The topological polar surface area (TPSA) is 45.2 Å². The molecule has 0 bridgehead atoms. The summed E-state index contributed by atoms with van der Waals surface area (Å²) in [5.74, 6) is 0.847. The molecule has 2 heterocycles. The fourth-order valence-electron chi connectivity index (χ4n) is 3.12. The Hall–Kier alpha value is -1.31. The highest BCUT2D eigenvalue weighted by Crippen LogP contribution is 2.26. The van der Waals surface area contributed by atoms with Gasteiger partial charge in [0, 0.05) is 45.8 Å². The van der Waals surface area contributed by atoms with Gasteiger partial charge in [-0.1, -0.05) is 6.07 Å². The van der Waals surface area contributed by atoms with Crippen molar-refractivity contribution in [3.8, 4) is 5.75 Å². The van der Waals surface area contributed by atoms with Crippen LogP contribution in [0.4, 0.5) is 4.79 Å². The van der Waals surface area contributed by atoms with E-state index in [4.69, 9.17) is 9.47 Å². The molecule has 3 rings (SSSR count). The zero-order chi connectivity index (χ0) is 16.9. The average Bonchev–Trinajstić information content (AvgIpc) is 2.63. The van der Waals surface area contributed by atoms with Gasteiger partial charge in [-0.2, -0.15) is 0 Å². The second-order valence-electron chi connectivity index (χ2n) is 6.11. The fourth-order valence-corrected chi connectivity index (χ4v) is 3.71. The van der Waals surface area contributed by atoms with E-state index < -0.39 is 0 Å². The number of ether oxygens (including phenoxy) is 2. The van der Waals surface area contributed by atoms with Gasteiger partial charge in [0.1, 0.15) is 5.75 Å². The molecule has 2 aliphatic rings. The van der Waals surface area contributed by atoms with Crippen LogP contribution in [0, 0.1) is 0 Å². The van der Waals surface area contributed by atoms with Gasteiger partial charge in [0.25, 0.3) is 0 Å². The number of nitrogens with zero attached hydrogens (tertiary/aromatic N) is 3. The van der Waals surface area contributed by atoms with Crippen molar-refractivity contribution in [2.24, 2.45) is 0 Å². The molecule has 0 spiro atoms. The molecule has 132 valence electrons. The van der Waals surface area contributed by atoms with E-state index in [1.54, 1.807) is 7.11 Å². The van der Waals surface area contributed by atoms with E-state index in [2.05, 4.69) is 33.0 Å². The normalized spacial score (nSPS) is 19.4. The standard InChI is InChI=1S/C17H24BrN3O3/c1-23-16-3-2-14(12-15(16)18)13-19-4-6-20(7-5-19)17(22)21-8-10-24-11-9-21/h2-3,12H,4-11,13H2,1H3. The van der Waals surface area contributed by atoms with Crippen LogP contribution in [0.3, 0.4) is 0 Å². The first-order chi connectivity index (χ1) is 11.7. The summed E-state index contributed by atoms with van der Waals surface area (Å²) >= 11 is 3.53. The molecule has 0 unspecified atom stereocenters. The van der Waals surface area contributed by atoms with Gasteiger partial charge in [0.2, 0.25) is 0 Å². The third kappa shape index (κ3) is 4.20. The Labute approximate surface area is 151 Å². The summed E-state index contributed by atoms with van der Waals surface area (Å²) in [4.78, 5) is 18.7. The van der Waals surface area contributed by atoms with Crippen LogP contribution < -0.4 is 4.74 Å². The summed E-state index contributed by atoms with van der Waals surface area (Å²) < 4.78 is 11.6. The Morgan fingerprint density at radius 1 is 1.12 bits per heavy atom. The summed E-state index contributed by atoms with van der Waals surface area (Å²) in [5.41, 5.74) is 1.25. The molecule has 0 aliphatic carbocycles. The lowest BCUT2D eigenvalue weighted by atomic mass is 10.2. The second-order valence-corrected chi connectivity index (χ2v) is 6.97. The number of hydrogen-bond acceptors (Lipinski definition) is 4. The van der Waals surface area contributed by atoms with E-state index in [0.29, 0.717) is 26.3 Å². The predicted octanol–water partition coefficient (Wildman–Crippen LogP) is 2.03. The minimum Gasteiger partial charge on any atom is -0.496 e. The summed E-state index contributed by atoms with van der Waals surface area (Å²) in [6.07, 6.45) is 0. The number of benzene rings is 1. The van der Waals surface area contributed by atoms with Crippen LogP contribution in [-0.2, 0) is 11.3 Å². The highest BCUT2D eigenvalue weighted by Gasteiger charge is 2.26. The molecule has 0 N–H and O–H groups in total. The lowest BCUT2D eigenvalue weighted by Gasteiger charge is -2.38. The smallest absolute Gasteiger partial charge is 0.320 e. The molecule has 0 radical (unpaired) electrons. The average molecular weight is 398 g/mol. The summed E-state index contributed by atoms with van der Waals surface area (Å²) in [6, 6.07) is 6.33. The quantitative estimate of drug-likeness (QED) is 0.782. The molecule has 2 saturated heterocycles. The number of hydrogen-bond donors (Lipinski definition) is 0. The van der Waals surface area contributed by atoms with Crippen LogP contribution in [0.5, 0.6) is 5.75 Å². The predicted molar refractivity (Wildman–Crippen MR) is 95.3 cm³/mol. The molecule has 0 atom stereocenters. The van der Waals surface area contributed by atoms with Gasteiger partial charge >= 0.3 is 6.03 Å². The van der Waals surface area contributed by atoms with Gasteiger partial charge in [-0.15, -0.1) is 0 Å². The number of morpholine rings is 1. The second kappa shape index (κ2) is 8.18. The van der Waals surface area contributed by atoms with Crippen molar-refractivity contribution in [3.63, 3.8) is 0 Å². The Bertz CT molecular complexity index is 570. The third-order valence-electron chi connectivity index (χ3n) is 4.55. The van der Waals surface area contributed by atoms with Crippen molar-refractivity contribution in [3.05, 3.63) is 28.2 Å². The number of rotatable bonds is 3. The van der Waals surface area contributed by atoms with Gasteiger partial charge in [-0.25, -0.2) is 4.79 Å². The molecule has 2 amide bonds. The van der Waals surface area contributed by atoms with Crippen molar-refractivity contribution in [1.82, 2.24) is 14.7 Å². The monoisotopic (exact) mass is 397 g/mol. The van der Waals surface area contributed by atoms with E-state index in [1.807, 2.05) is 15.9 Å². The first-order valence-corrected chi connectivity index (χ1v) is 9.13. The van der Waals surface area contributed by atoms with E-state index in [9.17, 15) is 4.79 Å². The molecule has 6 nitrogen and oxygen atoms in total. The van der Waals surface area contributed by atoms with Crippen LogP contribution >= 0.6 is 15.9 Å². The van der Waals surface area contributed by atoms with Crippen LogP contribution in [0.25, 0.3) is 0 Å². The van der Waals surface area contributed by atoms with Crippen LogP contribution in [0.1, 0.15) is 5.56 Å². The number of piperazine rings is 1. The van der Waals surface area contributed by atoms with E-state index in [0.717, 1.165) is 42.9 Å². The summed E-state index contributed by atoms with van der Waals surface area (Å²) in [7, 11) is 1.67. The molecule has 7 heteroatoms. The van der Waals surface area contributed by atoms with Gasteiger partial charge in [0.15, 0.2) is 0 Å². The zero-order valence-electron chi connectivity index (χ0n) is 14.0. The van der Waals surface area contributed by atoms with Crippen LogP contribution in [0.15, 0.2) is 22.7 Å². The first-order valence-electron chi connectivity index (χ1n) is 8.34. The van der Waals surface area contributed by atoms with E-state index in [1.165, 1.54) is 5.56 Å². The Morgan fingerprint density at radius 2 is 1.79 bits per heavy atom. The van der Waals surface area contributed by atoms with Gasteiger partial charge in [-0.05, 0) is 33.6 Å². The van der Waals surface area contributed by atoms with Crippen molar-refractivity contribution in [2.45, 2.75) is 6.54 Å². The van der Waals surface area contributed by atoms with Crippen LogP contribution in [0.2, 0.25) is 0 Å². The molecular weight excluding hydrogens is 374 g/mol. The SMILES string of the molecule is COc1ccc(CN2CCN(C(=O)N3CCOCC3)CC2)cc1Br. The molecule has 1 aromatic carbocycles. The summed E-state index contributed by atoms with van der Waals surface area (Å²) in [5, 5.41) is 0. The van der Waals surface area contributed by atoms with Crippen molar-refractivity contribution in [2.75, 3.05) is 59.6 Å². The lowest BCUT2D eigenvalue weighted by Crippen LogP contribution is -2.54. The molecule has 0 saturated carbocycles. The fraction of sp³-hybridized carbons (Fsp3) is 0.588. The number of methoxy groups -OCH3 is 1. The van der Waals surface area contributed by atoms with Gasteiger partial charge < -0.3 is 19.3 Å². The highest BCUT2D eigenvalue weighted by molar-refractivity contribution is 9.10. The minimum absolute atomic E-state index is 0.158. The maximum absolute atomic E-state index is 12.5. The number of carbonyl (C=O) groups is 1. The Kier molecular flexibility index (Phi) is 5.97. The number of amides is 2. The molecule has 2 fully saturated rings. The molecular formula is C17H24BrN3O3. The maximum atomic E-state index is 12.5. The molecule has 1 aromatic rings. The largest absolute Gasteiger partial charge is 0.496 e. The van der Waals surface area contributed by atoms with Gasteiger partial charge in [-0.3, -0.25) is 4.90 Å². The van der Waals surface area contributed by atoms with Gasteiger partial charge in [0.05, 0.1) is 24.8 Å². The van der Waals surface area contributed by atoms with Crippen LogP contribution in [-0.4, -0.2) is 80.3 Å². The number of carbonyl (C=O) groups excluding carboxylic acids is 1. The Morgan fingerprint density at radius 3 is 2.42 bits per heavy atom.